The highest BCUT2D eigenvalue weighted by Gasteiger charge is 2.49. The van der Waals surface area contributed by atoms with E-state index in [1.807, 2.05) is 0 Å². The van der Waals surface area contributed by atoms with Crippen molar-refractivity contribution in [1.82, 2.24) is 0 Å². The molecule has 0 aromatic heterocycles. The number of fused-ring (bicyclic) bond motifs is 5. The summed E-state index contributed by atoms with van der Waals surface area (Å²) in [5, 5.41) is 9.89. The fourth-order valence-electron chi connectivity index (χ4n) is 6.45. The van der Waals surface area contributed by atoms with Gasteiger partial charge in [0, 0.05) is 0 Å². The fourth-order valence-corrected chi connectivity index (χ4v) is 6.45. The van der Waals surface area contributed by atoms with E-state index in [1.54, 1.807) is 12.8 Å². The van der Waals surface area contributed by atoms with E-state index < -0.39 is 0 Å². The van der Waals surface area contributed by atoms with Gasteiger partial charge in [-0.3, -0.25) is 0 Å². The first kappa shape index (κ1) is 11.8. The SMILES string of the molecule is O[C@H]1CCC2C(CCC3C4CCCC4CC[C@@H]23)C1. The summed E-state index contributed by atoms with van der Waals surface area (Å²) >= 11 is 0. The largest absolute Gasteiger partial charge is 0.393 e. The van der Waals surface area contributed by atoms with Crippen molar-refractivity contribution in [2.75, 3.05) is 0 Å². The van der Waals surface area contributed by atoms with E-state index in [2.05, 4.69) is 0 Å². The summed E-state index contributed by atoms with van der Waals surface area (Å²) in [6.45, 7) is 0. The van der Waals surface area contributed by atoms with Crippen LogP contribution >= 0.6 is 0 Å². The Bertz CT molecular complexity index is 313. The van der Waals surface area contributed by atoms with Crippen LogP contribution in [-0.4, -0.2) is 11.2 Å². The molecule has 4 saturated carbocycles. The van der Waals surface area contributed by atoms with Gasteiger partial charge in [-0.05, 0) is 86.9 Å². The van der Waals surface area contributed by atoms with Gasteiger partial charge >= 0.3 is 0 Å². The van der Waals surface area contributed by atoms with Crippen molar-refractivity contribution in [2.24, 2.45) is 35.5 Å². The first-order valence-corrected chi connectivity index (χ1v) is 8.51. The molecule has 0 aromatic rings. The lowest BCUT2D eigenvalue weighted by atomic mass is 9.53. The number of aliphatic hydroxyl groups excluding tert-OH is 1. The lowest BCUT2D eigenvalue weighted by Crippen LogP contribution is -2.45. The van der Waals surface area contributed by atoms with Crippen molar-refractivity contribution in [3.63, 3.8) is 0 Å². The maximum atomic E-state index is 9.89. The Morgan fingerprint density at radius 3 is 2.06 bits per heavy atom. The number of hydrogen-bond acceptors (Lipinski definition) is 1. The summed E-state index contributed by atoms with van der Waals surface area (Å²) in [4.78, 5) is 0. The summed E-state index contributed by atoms with van der Waals surface area (Å²) in [6, 6.07) is 0. The van der Waals surface area contributed by atoms with Crippen LogP contribution in [-0.2, 0) is 0 Å². The minimum atomic E-state index is 0.0330. The highest BCUT2D eigenvalue weighted by atomic mass is 16.3. The molecule has 4 rings (SSSR count). The van der Waals surface area contributed by atoms with Gasteiger partial charge in [0.25, 0.3) is 0 Å². The minimum absolute atomic E-state index is 0.0330. The second-order valence-electron chi connectivity index (χ2n) is 7.73. The highest BCUT2D eigenvalue weighted by molar-refractivity contribution is 4.99. The molecule has 0 bridgehead atoms. The molecule has 0 amide bonds. The van der Waals surface area contributed by atoms with Gasteiger partial charge in [-0.1, -0.05) is 12.8 Å². The van der Waals surface area contributed by atoms with Crippen molar-refractivity contribution >= 4 is 0 Å². The van der Waals surface area contributed by atoms with E-state index in [4.69, 9.17) is 0 Å². The fraction of sp³-hybridized carbons (Fsp3) is 1.00. The van der Waals surface area contributed by atoms with E-state index >= 15 is 0 Å². The average molecular weight is 248 g/mol. The molecule has 18 heavy (non-hydrogen) atoms. The van der Waals surface area contributed by atoms with Crippen molar-refractivity contribution in [1.29, 1.82) is 0 Å². The van der Waals surface area contributed by atoms with Crippen LogP contribution in [0, 0.1) is 35.5 Å². The monoisotopic (exact) mass is 248 g/mol. The second kappa shape index (κ2) is 4.51. The van der Waals surface area contributed by atoms with Crippen molar-refractivity contribution < 1.29 is 5.11 Å². The average Bonchev–Trinajstić information content (AvgIpc) is 2.86. The second-order valence-corrected chi connectivity index (χ2v) is 7.73. The van der Waals surface area contributed by atoms with E-state index in [0.29, 0.717) is 0 Å². The smallest absolute Gasteiger partial charge is 0.0543 e. The van der Waals surface area contributed by atoms with Crippen LogP contribution in [0.1, 0.15) is 64.2 Å². The van der Waals surface area contributed by atoms with Gasteiger partial charge in [0.15, 0.2) is 0 Å². The van der Waals surface area contributed by atoms with E-state index in [9.17, 15) is 5.11 Å². The molecular weight excluding hydrogens is 220 g/mol. The van der Waals surface area contributed by atoms with Crippen LogP contribution in [0.4, 0.5) is 0 Å². The van der Waals surface area contributed by atoms with Crippen LogP contribution < -0.4 is 0 Å². The quantitative estimate of drug-likeness (QED) is 0.687. The molecule has 4 aliphatic rings. The van der Waals surface area contributed by atoms with Gasteiger partial charge in [-0.2, -0.15) is 0 Å². The predicted molar refractivity (Wildman–Crippen MR) is 73.1 cm³/mol. The Hall–Kier alpha value is -0.0400. The summed E-state index contributed by atoms with van der Waals surface area (Å²) in [7, 11) is 0. The Labute approximate surface area is 111 Å². The zero-order chi connectivity index (χ0) is 12.1. The van der Waals surface area contributed by atoms with Crippen LogP contribution in [0.15, 0.2) is 0 Å². The molecule has 5 unspecified atom stereocenters. The molecule has 1 nitrogen and oxygen atoms in total. The van der Waals surface area contributed by atoms with E-state index in [0.717, 1.165) is 48.3 Å². The maximum absolute atomic E-state index is 9.89. The third-order valence-electron chi connectivity index (χ3n) is 7.12. The Kier molecular flexibility index (Phi) is 2.94. The molecule has 4 fully saturated rings. The Morgan fingerprint density at radius 2 is 1.22 bits per heavy atom. The van der Waals surface area contributed by atoms with Crippen molar-refractivity contribution in [3.05, 3.63) is 0 Å². The first-order chi connectivity index (χ1) is 8.83. The van der Waals surface area contributed by atoms with Gasteiger partial charge in [-0.25, -0.2) is 0 Å². The molecule has 0 saturated heterocycles. The Balaban J connectivity index is 1.53. The molecule has 0 aromatic carbocycles. The molecule has 4 aliphatic carbocycles. The van der Waals surface area contributed by atoms with Gasteiger partial charge in [0.1, 0.15) is 0 Å². The molecule has 0 radical (unpaired) electrons. The molecule has 0 spiro atoms. The van der Waals surface area contributed by atoms with E-state index in [-0.39, 0.29) is 6.10 Å². The van der Waals surface area contributed by atoms with Crippen LogP contribution in [0.25, 0.3) is 0 Å². The van der Waals surface area contributed by atoms with Crippen molar-refractivity contribution in [3.8, 4) is 0 Å². The first-order valence-electron chi connectivity index (χ1n) is 8.51. The summed E-state index contributed by atoms with van der Waals surface area (Å²) in [5.41, 5.74) is 0. The summed E-state index contributed by atoms with van der Waals surface area (Å²) < 4.78 is 0. The van der Waals surface area contributed by atoms with E-state index in [1.165, 1.54) is 38.5 Å². The summed E-state index contributed by atoms with van der Waals surface area (Å²) in [6.07, 6.45) is 14.2. The number of rotatable bonds is 0. The van der Waals surface area contributed by atoms with Gasteiger partial charge in [-0.15, -0.1) is 0 Å². The zero-order valence-electron chi connectivity index (χ0n) is 11.6. The molecule has 0 heterocycles. The standard InChI is InChI=1S/C17H28O/c18-13-6-9-15-12(10-13)5-8-16-14-3-1-2-11(14)4-7-17(15)16/h11-18H,1-10H2/t11?,12?,13-,14?,15?,16?,17-/m0/s1. The van der Waals surface area contributed by atoms with Crippen LogP contribution in [0.5, 0.6) is 0 Å². The molecule has 1 heteroatoms. The molecular formula is C17H28O. The normalized spacial score (nSPS) is 55.5. The molecule has 7 atom stereocenters. The van der Waals surface area contributed by atoms with Crippen LogP contribution in [0.3, 0.4) is 0 Å². The van der Waals surface area contributed by atoms with Gasteiger partial charge in [0.2, 0.25) is 0 Å². The number of hydrogen-bond donors (Lipinski definition) is 1. The van der Waals surface area contributed by atoms with Crippen LogP contribution in [0.2, 0.25) is 0 Å². The van der Waals surface area contributed by atoms with Crippen molar-refractivity contribution in [2.45, 2.75) is 70.3 Å². The maximum Gasteiger partial charge on any atom is 0.0543 e. The summed E-state index contributed by atoms with van der Waals surface area (Å²) in [5.74, 6) is 6.23. The molecule has 1 N–H and O–H groups in total. The predicted octanol–water partition coefficient (Wildman–Crippen LogP) is 4.00. The topological polar surface area (TPSA) is 20.2 Å². The molecule has 102 valence electrons. The highest BCUT2D eigenvalue weighted by Crippen LogP contribution is 2.57. The van der Waals surface area contributed by atoms with Gasteiger partial charge < -0.3 is 5.11 Å². The Morgan fingerprint density at radius 1 is 0.556 bits per heavy atom. The molecule has 0 aliphatic heterocycles. The lowest BCUT2D eigenvalue weighted by molar-refractivity contribution is -0.0457. The zero-order valence-corrected chi connectivity index (χ0v) is 11.6. The third-order valence-corrected chi connectivity index (χ3v) is 7.12. The lowest BCUT2D eigenvalue weighted by Gasteiger charge is -2.52. The number of aliphatic hydroxyl groups is 1. The van der Waals surface area contributed by atoms with Gasteiger partial charge in [0.05, 0.1) is 6.10 Å². The third kappa shape index (κ3) is 1.77. The minimum Gasteiger partial charge on any atom is -0.393 e.